The summed E-state index contributed by atoms with van der Waals surface area (Å²) >= 11 is 0. The molecule has 4 heteroatoms. The Balaban J connectivity index is 2.02. The molecule has 0 aromatic heterocycles. The van der Waals surface area contributed by atoms with Crippen LogP contribution in [0.5, 0.6) is 0 Å². The molecule has 0 radical (unpaired) electrons. The molecule has 2 rings (SSSR count). The van der Waals surface area contributed by atoms with E-state index in [0.717, 1.165) is 13.0 Å². The topological polar surface area (TPSA) is 49.5 Å². The number of nitrogens with zero attached hydrogens (tertiary/aromatic N) is 1. The molecule has 0 heterocycles. The van der Waals surface area contributed by atoms with Gasteiger partial charge in [0.15, 0.2) is 0 Å². The second-order valence-corrected chi connectivity index (χ2v) is 4.98. The summed E-state index contributed by atoms with van der Waals surface area (Å²) < 4.78 is 13.8. The van der Waals surface area contributed by atoms with Crippen LogP contribution >= 0.6 is 0 Å². The van der Waals surface area contributed by atoms with Gasteiger partial charge in [0.25, 0.3) is 0 Å². The predicted octanol–water partition coefficient (Wildman–Crippen LogP) is 2.14. The minimum Gasteiger partial charge on any atom is -0.399 e. The lowest BCUT2D eigenvalue weighted by molar-refractivity contribution is 0.108. The maximum absolute atomic E-state index is 13.8. The van der Waals surface area contributed by atoms with E-state index in [4.69, 9.17) is 10.8 Å². The Hall–Kier alpha value is -1.13. The first-order valence-electron chi connectivity index (χ1n) is 6.59. The number of benzene rings is 1. The fourth-order valence-corrected chi connectivity index (χ4v) is 2.33. The maximum Gasteiger partial charge on any atom is 0.129 e. The van der Waals surface area contributed by atoms with E-state index in [2.05, 4.69) is 4.90 Å². The summed E-state index contributed by atoms with van der Waals surface area (Å²) in [4.78, 5) is 2.27. The number of aliphatic hydroxyl groups is 1. The van der Waals surface area contributed by atoms with E-state index in [1.807, 2.05) is 0 Å². The summed E-state index contributed by atoms with van der Waals surface area (Å²) in [5.74, 6) is -0.233. The van der Waals surface area contributed by atoms with E-state index in [1.54, 1.807) is 12.1 Å². The van der Waals surface area contributed by atoms with E-state index >= 15 is 0 Å². The summed E-state index contributed by atoms with van der Waals surface area (Å²) in [6.07, 6.45) is 4.36. The molecule has 0 atom stereocenters. The molecule has 1 aliphatic carbocycles. The van der Waals surface area contributed by atoms with Gasteiger partial charge in [0, 0.05) is 37.0 Å². The highest BCUT2D eigenvalue weighted by Crippen LogP contribution is 2.27. The van der Waals surface area contributed by atoms with Crippen molar-refractivity contribution in [3.8, 4) is 0 Å². The van der Waals surface area contributed by atoms with Crippen LogP contribution in [0.2, 0.25) is 0 Å². The zero-order chi connectivity index (χ0) is 13.0. The van der Waals surface area contributed by atoms with Gasteiger partial charge in [-0.1, -0.05) is 12.5 Å². The first-order valence-corrected chi connectivity index (χ1v) is 6.59. The molecule has 0 spiro atoms. The smallest absolute Gasteiger partial charge is 0.129 e. The summed E-state index contributed by atoms with van der Waals surface area (Å²) in [7, 11) is 0. The lowest BCUT2D eigenvalue weighted by atomic mass is 9.91. The van der Waals surface area contributed by atoms with Crippen LogP contribution in [0.3, 0.4) is 0 Å². The third-order valence-electron chi connectivity index (χ3n) is 3.65. The molecular formula is C14H21FN2O. The quantitative estimate of drug-likeness (QED) is 0.763. The first kappa shape index (κ1) is 13.3. The number of hydrogen-bond donors (Lipinski definition) is 2. The number of hydrogen-bond acceptors (Lipinski definition) is 3. The molecule has 3 N–H and O–H groups in total. The minimum atomic E-state index is -0.233. The molecule has 18 heavy (non-hydrogen) atoms. The van der Waals surface area contributed by atoms with Crippen molar-refractivity contribution in [1.29, 1.82) is 0 Å². The normalized spacial score (nSPS) is 15.9. The Morgan fingerprint density at radius 2 is 2.17 bits per heavy atom. The van der Waals surface area contributed by atoms with E-state index in [1.165, 1.54) is 25.3 Å². The van der Waals surface area contributed by atoms with Crippen LogP contribution in [0.25, 0.3) is 0 Å². The SMILES string of the molecule is Nc1ccc(CN(CCCO)C2CCC2)c(F)c1. The molecule has 0 amide bonds. The average Bonchev–Trinajstić information content (AvgIpc) is 2.27. The molecule has 0 saturated heterocycles. The molecule has 1 aliphatic rings. The fraction of sp³-hybridized carbons (Fsp3) is 0.571. The van der Waals surface area contributed by atoms with Crippen LogP contribution in [-0.2, 0) is 6.54 Å². The van der Waals surface area contributed by atoms with Gasteiger partial charge < -0.3 is 10.8 Å². The number of nitrogens with two attached hydrogens (primary N) is 1. The van der Waals surface area contributed by atoms with E-state index in [9.17, 15) is 4.39 Å². The largest absolute Gasteiger partial charge is 0.399 e. The van der Waals surface area contributed by atoms with E-state index in [-0.39, 0.29) is 12.4 Å². The van der Waals surface area contributed by atoms with Gasteiger partial charge in [-0.05, 0) is 31.4 Å². The Kier molecular flexibility index (Phi) is 4.55. The van der Waals surface area contributed by atoms with Gasteiger partial charge in [0.05, 0.1) is 0 Å². The van der Waals surface area contributed by atoms with Crippen molar-refractivity contribution in [1.82, 2.24) is 4.90 Å². The third kappa shape index (κ3) is 3.21. The van der Waals surface area contributed by atoms with Crippen LogP contribution < -0.4 is 5.73 Å². The monoisotopic (exact) mass is 252 g/mol. The maximum atomic E-state index is 13.8. The summed E-state index contributed by atoms with van der Waals surface area (Å²) in [6.45, 7) is 1.62. The zero-order valence-electron chi connectivity index (χ0n) is 10.6. The highest BCUT2D eigenvalue weighted by atomic mass is 19.1. The Morgan fingerprint density at radius 3 is 2.72 bits per heavy atom. The van der Waals surface area contributed by atoms with Crippen LogP contribution in [0.15, 0.2) is 18.2 Å². The molecule has 1 aromatic rings. The Labute approximate surface area is 107 Å². The number of rotatable bonds is 6. The molecule has 0 aliphatic heterocycles. The van der Waals surface area contributed by atoms with Gasteiger partial charge in [-0.15, -0.1) is 0 Å². The Morgan fingerprint density at radius 1 is 1.39 bits per heavy atom. The standard InChI is InChI=1S/C14H21FN2O/c15-14-9-12(16)6-5-11(14)10-17(7-2-8-18)13-3-1-4-13/h5-6,9,13,18H,1-4,7-8,10,16H2. The number of anilines is 1. The van der Waals surface area contributed by atoms with Crippen molar-refractivity contribution in [3.63, 3.8) is 0 Å². The lowest BCUT2D eigenvalue weighted by Crippen LogP contribution is -2.40. The summed E-state index contributed by atoms with van der Waals surface area (Å²) in [6, 6.07) is 5.42. The van der Waals surface area contributed by atoms with Gasteiger partial charge in [0.1, 0.15) is 5.82 Å². The lowest BCUT2D eigenvalue weighted by Gasteiger charge is -2.37. The van der Waals surface area contributed by atoms with Crippen molar-refractivity contribution in [3.05, 3.63) is 29.6 Å². The van der Waals surface area contributed by atoms with Crippen molar-refractivity contribution >= 4 is 5.69 Å². The van der Waals surface area contributed by atoms with Crippen molar-refractivity contribution < 1.29 is 9.50 Å². The number of nitrogen functional groups attached to an aromatic ring is 1. The number of halogens is 1. The van der Waals surface area contributed by atoms with Crippen LogP contribution in [0, 0.1) is 5.82 Å². The molecule has 1 aromatic carbocycles. The highest BCUT2D eigenvalue weighted by molar-refractivity contribution is 5.40. The minimum absolute atomic E-state index is 0.188. The second-order valence-electron chi connectivity index (χ2n) is 4.98. The van der Waals surface area contributed by atoms with Crippen molar-refractivity contribution in [2.75, 3.05) is 18.9 Å². The fourth-order valence-electron chi connectivity index (χ4n) is 2.33. The molecule has 0 bridgehead atoms. The molecule has 1 fully saturated rings. The van der Waals surface area contributed by atoms with Gasteiger partial charge in [-0.25, -0.2) is 4.39 Å². The number of aliphatic hydroxyl groups excluding tert-OH is 1. The average molecular weight is 252 g/mol. The highest BCUT2D eigenvalue weighted by Gasteiger charge is 2.25. The third-order valence-corrected chi connectivity index (χ3v) is 3.65. The van der Waals surface area contributed by atoms with E-state index in [0.29, 0.717) is 23.8 Å². The van der Waals surface area contributed by atoms with Crippen LogP contribution in [0.4, 0.5) is 10.1 Å². The Bertz CT molecular complexity index is 393. The molecule has 100 valence electrons. The van der Waals surface area contributed by atoms with Crippen molar-refractivity contribution in [2.45, 2.75) is 38.3 Å². The van der Waals surface area contributed by atoms with E-state index < -0.39 is 0 Å². The second kappa shape index (κ2) is 6.16. The van der Waals surface area contributed by atoms with Gasteiger partial charge in [0.2, 0.25) is 0 Å². The van der Waals surface area contributed by atoms with Gasteiger partial charge >= 0.3 is 0 Å². The summed E-state index contributed by atoms with van der Waals surface area (Å²) in [5.41, 5.74) is 6.70. The molecule has 0 unspecified atom stereocenters. The van der Waals surface area contributed by atoms with Crippen LogP contribution in [-0.4, -0.2) is 29.2 Å². The first-order chi connectivity index (χ1) is 8.70. The summed E-state index contributed by atoms with van der Waals surface area (Å²) in [5, 5.41) is 8.93. The molecule has 1 saturated carbocycles. The zero-order valence-corrected chi connectivity index (χ0v) is 10.6. The predicted molar refractivity (Wildman–Crippen MR) is 70.6 cm³/mol. The van der Waals surface area contributed by atoms with Gasteiger partial charge in [-0.3, -0.25) is 4.90 Å². The molecular weight excluding hydrogens is 231 g/mol. The van der Waals surface area contributed by atoms with Crippen LogP contribution in [0.1, 0.15) is 31.2 Å². The van der Waals surface area contributed by atoms with Crippen molar-refractivity contribution in [2.24, 2.45) is 0 Å². The molecule has 3 nitrogen and oxygen atoms in total. The van der Waals surface area contributed by atoms with Gasteiger partial charge in [-0.2, -0.15) is 0 Å².